The number of nitrogens with zero attached hydrogens (tertiary/aromatic N) is 1. The van der Waals surface area contributed by atoms with E-state index in [0.29, 0.717) is 34.3 Å². The molecule has 1 aromatic heterocycles. The monoisotopic (exact) mass is 416 g/mol. The first-order valence-electron chi connectivity index (χ1n) is 8.96. The molecule has 0 saturated carbocycles. The van der Waals surface area contributed by atoms with Crippen molar-refractivity contribution in [3.05, 3.63) is 52.7 Å². The van der Waals surface area contributed by atoms with Crippen molar-refractivity contribution >= 4 is 40.1 Å². The van der Waals surface area contributed by atoms with Crippen molar-refractivity contribution in [3.8, 4) is 11.5 Å². The Morgan fingerprint density at radius 3 is 2.45 bits per heavy atom. The number of ether oxygens (including phenoxy) is 2. The molecule has 0 aliphatic rings. The van der Waals surface area contributed by atoms with E-state index in [1.165, 1.54) is 20.3 Å². The van der Waals surface area contributed by atoms with Gasteiger partial charge in [-0.1, -0.05) is 29.8 Å². The summed E-state index contributed by atoms with van der Waals surface area (Å²) in [6.07, 6.45) is -0.109. The Hall–Kier alpha value is -3.19. The third-order valence-corrected chi connectivity index (χ3v) is 4.98. The van der Waals surface area contributed by atoms with Crippen LogP contribution in [0.4, 0.5) is 5.69 Å². The number of carboxylic acids is 1. The lowest BCUT2D eigenvalue weighted by Crippen LogP contribution is -2.18. The second-order valence-electron chi connectivity index (χ2n) is 6.31. The van der Waals surface area contributed by atoms with Gasteiger partial charge in [0, 0.05) is 29.1 Å². The van der Waals surface area contributed by atoms with E-state index in [0.717, 1.165) is 10.9 Å². The summed E-state index contributed by atoms with van der Waals surface area (Å²) in [5.41, 5.74) is 1.73. The molecule has 1 heterocycles. The summed E-state index contributed by atoms with van der Waals surface area (Å²) in [6.45, 7) is 2.35. The summed E-state index contributed by atoms with van der Waals surface area (Å²) in [5, 5.41) is 13.6. The van der Waals surface area contributed by atoms with E-state index >= 15 is 0 Å². The topological polar surface area (TPSA) is 89.8 Å². The number of methoxy groups -OCH3 is 2. The van der Waals surface area contributed by atoms with E-state index in [4.69, 9.17) is 21.1 Å². The fourth-order valence-corrected chi connectivity index (χ4v) is 3.68. The number of hydrogen-bond acceptors (Lipinski definition) is 4. The molecule has 2 N–H and O–H groups in total. The van der Waals surface area contributed by atoms with Gasteiger partial charge in [-0.15, -0.1) is 0 Å². The van der Waals surface area contributed by atoms with Crippen molar-refractivity contribution in [2.45, 2.75) is 19.9 Å². The van der Waals surface area contributed by atoms with Gasteiger partial charge in [0.2, 0.25) is 5.91 Å². The number of carboxylic acid groups (broad SMARTS) is 1. The van der Waals surface area contributed by atoms with Gasteiger partial charge in [-0.05, 0) is 19.1 Å². The SMILES string of the molecule is CCn1c(C(=O)O)c(CC(=O)Nc2cc(Cl)c(OC)cc2OC)c2ccccc21. The van der Waals surface area contributed by atoms with E-state index in [9.17, 15) is 14.7 Å². The highest BCUT2D eigenvalue weighted by Crippen LogP contribution is 2.36. The number of aryl methyl sites for hydroxylation is 1. The average Bonchev–Trinajstić information content (AvgIpc) is 3.02. The van der Waals surface area contributed by atoms with Crippen molar-refractivity contribution in [1.82, 2.24) is 4.57 Å². The van der Waals surface area contributed by atoms with Crippen LogP contribution in [0.25, 0.3) is 10.9 Å². The van der Waals surface area contributed by atoms with Gasteiger partial charge < -0.3 is 24.5 Å². The molecule has 0 spiro atoms. The van der Waals surface area contributed by atoms with Gasteiger partial charge in [0.25, 0.3) is 0 Å². The summed E-state index contributed by atoms with van der Waals surface area (Å²) in [7, 11) is 2.95. The normalized spacial score (nSPS) is 10.8. The van der Waals surface area contributed by atoms with Gasteiger partial charge in [-0.3, -0.25) is 4.79 Å². The molecule has 29 heavy (non-hydrogen) atoms. The van der Waals surface area contributed by atoms with Crippen LogP contribution >= 0.6 is 11.6 Å². The molecule has 0 aliphatic heterocycles. The van der Waals surface area contributed by atoms with E-state index in [1.54, 1.807) is 10.6 Å². The first-order valence-corrected chi connectivity index (χ1v) is 9.33. The number of benzene rings is 2. The summed E-state index contributed by atoms with van der Waals surface area (Å²) < 4.78 is 12.2. The molecule has 0 bridgehead atoms. The number of anilines is 1. The van der Waals surface area contributed by atoms with E-state index in [2.05, 4.69) is 5.32 Å². The molecule has 3 rings (SSSR count). The molecule has 0 saturated heterocycles. The highest BCUT2D eigenvalue weighted by molar-refractivity contribution is 6.32. The molecule has 0 fully saturated rings. The Balaban J connectivity index is 1.98. The van der Waals surface area contributed by atoms with Crippen LogP contribution < -0.4 is 14.8 Å². The zero-order valence-corrected chi connectivity index (χ0v) is 17.0. The maximum absolute atomic E-state index is 12.8. The van der Waals surface area contributed by atoms with Gasteiger partial charge in [-0.2, -0.15) is 0 Å². The molecule has 7 nitrogen and oxygen atoms in total. The molecule has 8 heteroatoms. The minimum absolute atomic E-state index is 0.109. The molecule has 0 atom stereocenters. The van der Waals surface area contributed by atoms with E-state index < -0.39 is 5.97 Å². The maximum atomic E-state index is 12.8. The highest BCUT2D eigenvalue weighted by atomic mass is 35.5. The van der Waals surface area contributed by atoms with Crippen LogP contribution in [0.5, 0.6) is 11.5 Å². The van der Waals surface area contributed by atoms with Crippen LogP contribution in [0.3, 0.4) is 0 Å². The highest BCUT2D eigenvalue weighted by Gasteiger charge is 2.23. The lowest BCUT2D eigenvalue weighted by molar-refractivity contribution is -0.115. The summed E-state index contributed by atoms with van der Waals surface area (Å²) in [5.74, 6) is -0.656. The standard InChI is InChI=1S/C21H21ClN2O5/c1-4-24-16-8-6-5-7-12(16)13(20(24)21(26)27)9-19(25)23-15-10-14(22)17(28-2)11-18(15)29-3/h5-8,10-11H,4,9H2,1-3H3,(H,23,25)(H,26,27). The van der Waals surface area contributed by atoms with Crippen LogP contribution in [0.15, 0.2) is 36.4 Å². The van der Waals surface area contributed by atoms with Crippen molar-refractivity contribution in [1.29, 1.82) is 0 Å². The molecular weight excluding hydrogens is 396 g/mol. The first-order chi connectivity index (χ1) is 13.9. The van der Waals surface area contributed by atoms with Gasteiger partial charge in [0.15, 0.2) is 0 Å². The zero-order chi connectivity index (χ0) is 21.1. The third-order valence-electron chi connectivity index (χ3n) is 4.68. The number of carbonyl (C=O) groups is 2. The number of amides is 1. The number of carbonyl (C=O) groups excluding carboxylic acids is 1. The minimum Gasteiger partial charge on any atom is -0.495 e. The number of hydrogen-bond donors (Lipinski definition) is 2. The van der Waals surface area contributed by atoms with Crippen molar-refractivity contribution in [3.63, 3.8) is 0 Å². The smallest absolute Gasteiger partial charge is 0.352 e. The molecule has 152 valence electrons. The van der Waals surface area contributed by atoms with Gasteiger partial charge >= 0.3 is 5.97 Å². The second kappa shape index (κ2) is 8.45. The van der Waals surface area contributed by atoms with Crippen LogP contribution in [0.2, 0.25) is 5.02 Å². The molecule has 1 amide bonds. The lowest BCUT2D eigenvalue weighted by Gasteiger charge is -2.13. The number of para-hydroxylation sites is 1. The predicted molar refractivity (Wildman–Crippen MR) is 111 cm³/mol. The van der Waals surface area contributed by atoms with Crippen molar-refractivity contribution in [2.75, 3.05) is 19.5 Å². The van der Waals surface area contributed by atoms with Gasteiger partial charge in [0.1, 0.15) is 17.2 Å². The molecule has 0 aliphatic carbocycles. The van der Waals surface area contributed by atoms with Crippen LogP contribution in [0, 0.1) is 0 Å². The second-order valence-corrected chi connectivity index (χ2v) is 6.71. The van der Waals surface area contributed by atoms with Crippen LogP contribution in [0.1, 0.15) is 23.0 Å². The maximum Gasteiger partial charge on any atom is 0.352 e. The van der Waals surface area contributed by atoms with Crippen molar-refractivity contribution in [2.24, 2.45) is 0 Å². The van der Waals surface area contributed by atoms with E-state index in [1.807, 2.05) is 31.2 Å². The van der Waals surface area contributed by atoms with Crippen LogP contribution in [-0.2, 0) is 17.8 Å². The average molecular weight is 417 g/mol. The fourth-order valence-electron chi connectivity index (χ4n) is 3.44. The van der Waals surface area contributed by atoms with E-state index in [-0.39, 0.29) is 18.0 Å². The number of fused-ring (bicyclic) bond motifs is 1. The summed E-state index contributed by atoms with van der Waals surface area (Å²) in [6, 6.07) is 10.4. The number of aromatic nitrogens is 1. The summed E-state index contributed by atoms with van der Waals surface area (Å²) >= 11 is 6.16. The number of nitrogens with one attached hydrogen (secondary N) is 1. The molecule has 3 aromatic rings. The number of rotatable bonds is 7. The summed E-state index contributed by atoms with van der Waals surface area (Å²) in [4.78, 5) is 24.7. The van der Waals surface area contributed by atoms with Crippen molar-refractivity contribution < 1.29 is 24.2 Å². The predicted octanol–water partition coefficient (Wildman–Crippen LogP) is 4.21. The molecule has 0 unspecified atom stereocenters. The number of halogens is 1. The minimum atomic E-state index is -1.07. The van der Waals surface area contributed by atoms with Gasteiger partial charge in [0.05, 0.1) is 31.4 Å². The molecular formula is C21H21ClN2O5. The number of aromatic carboxylic acids is 1. The lowest BCUT2D eigenvalue weighted by atomic mass is 10.1. The Kier molecular flexibility index (Phi) is 5.98. The Morgan fingerprint density at radius 1 is 1.14 bits per heavy atom. The fraction of sp³-hybridized carbons (Fsp3) is 0.238. The molecule has 0 radical (unpaired) electrons. The Labute approximate surface area is 172 Å². The Morgan fingerprint density at radius 2 is 1.83 bits per heavy atom. The van der Waals surface area contributed by atoms with Crippen LogP contribution in [-0.4, -0.2) is 35.8 Å². The molecule has 2 aromatic carbocycles. The van der Waals surface area contributed by atoms with Gasteiger partial charge in [-0.25, -0.2) is 4.79 Å². The first kappa shape index (κ1) is 20.5. The zero-order valence-electron chi connectivity index (χ0n) is 16.3. The quantitative estimate of drug-likeness (QED) is 0.602. The largest absolute Gasteiger partial charge is 0.495 e. The third kappa shape index (κ3) is 3.86. The Bertz CT molecular complexity index is 1090.